The molecule has 0 amide bonds. The maximum absolute atomic E-state index is 12.9. The van der Waals surface area contributed by atoms with Gasteiger partial charge in [0.1, 0.15) is 71.3 Å². The Morgan fingerprint density at radius 2 is 1.59 bits per heavy atom. The summed E-state index contributed by atoms with van der Waals surface area (Å²) in [5.41, 5.74) is 0.529. The van der Waals surface area contributed by atoms with Gasteiger partial charge in [-0.15, -0.1) is 0 Å². The highest BCUT2D eigenvalue weighted by molar-refractivity contribution is 6.02. The molecule has 0 unspecified atom stereocenters. The van der Waals surface area contributed by atoms with Crippen molar-refractivity contribution < 1.29 is 69.3 Å². The first-order chi connectivity index (χ1) is 19.5. The van der Waals surface area contributed by atoms with Crippen LogP contribution in [0.15, 0.2) is 36.4 Å². The summed E-state index contributed by atoms with van der Waals surface area (Å²) in [5, 5.41) is 81.6. The highest BCUT2D eigenvalue weighted by Crippen LogP contribution is 2.43. The molecule has 11 atom stereocenters. The second-order valence-electron chi connectivity index (χ2n) is 10.2. The molecule has 2 aromatic rings. The topological polar surface area (TPSA) is 225 Å². The van der Waals surface area contributed by atoms with Gasteiger partial charge < -0.3 is 64.5 Å². The second-order valence-corrected chi connectivity index (χ2v) is 10.2. The summed E-state index contributed by atoms with van der Waals surface area (Å²) < 4.78 is 28.6. The molecule has 14 nitrogen and oxygen atoms in total. The van der Waals surface area contributed by atoms with Crippen LogP contribution in [0.4, 0.5) is 0 Å². The molecule has 2 saturated heterocycles. The average Bonchev–Trinajstić information content (AvgIpc) is 2.94. The predicted molar refractivity (Wildman–Crippen MR) is 134 cm³/mol. The Balaban J connectivity index is 1.41. The van der Waals surface area contributed by atoms with Crippen LogP contribution in [0.25, 0.3) is 0 Å². The number of benzene rings is 2. The number of fused-ring (bicyclic) bond motifs is 1. The van der Waals surface area contributed by atoms with E-state index in [4.69, 9.17) is 23.7 Å². The monoisotopic (exact) mass is 580 g/mol. The van der Waals surface area contributed by atoms with Crippen molar-refractivity contribution in [2.75, 3.05) is 6.61 Å². The minimum absolute atomic E-state index is 0.0149. The lowest BCUT2D eigenvalue weighted by atomic mass is 9.95. The first-order valence-corrected chi connectivity index (χ1v) is 13.0. The zero-order chi connectivity index (χ0) is 29.6. The minimum atomic E-state index is -1.75. The first-order valence-electron chi connectivity index (χ1n) is 13.0. The number of ether oxygens (including phenoxy) is 5. The van der Waals surface area contributed by atoms with E-state index in [1.807, 2.05) is 0 Å². The van der Waals surface area contributed by atoms with E-state index >= 15 is 0 Å². The van der Waals surface area contributed by atoms with Crippen LogP contribution >= 0.6 is 0 Å². The quantitative estimate of drug-likeness (QED) is 0.202. The number of aromatic hydroxyl groups is 2. The van der Waals surface area contributed by atoms with Gasteiger partial charge in [0.15, 0.2) is 18.2 Å². The van der Waals surface area contributed by atoms with E-state index in [1.54, 1.807) is 12.1 Å². The average molecular weight is 581 g/mol. The van der Waals surface area contributed by atoms with Crippen LogP contribution in [0.3, 0.4) is 0 Å². The maximum atomic E-state index is 12.9. The zero-order valence-electron chi connectivity index (χ0n) is 21.8. The molecular weight excluding hydrogens is 548 g/mol. The van der Waals surface area contributed by atoms with Gasteiger partial charge in [-0.25, -0.2) is 0 Å². The third-order valence-electron chi connectivity index (χ3n) is 7.42. The highest BCUT2D eigenvalue weighted by Gasteiger charge is 2.51. The van der Waals surface area contributed by atoms with E-state index in [0.717, 1.165) is 6.07 Å². The normalized spacial score (nSPS) is 37.2. The summed E-state index contributed by atoms with van der Waals surface area (Å²) in [6.45, 7) is 0.716. The minimum Gasteiger partial charge on any atom is -0.508 e. The van der Waals surface area contributed by atoms with Crippen LogP contribution in [0.5, 0.6) is 23.0 Å². The van der Waals surface area contributed by atoms with Gasteiger partial charge in [0, 0.05) is 12.1 Å². The highest BCUT2D eigenvalue weighted by atomic mass is 16.8. The molecule has 5 rings (SSSR count). The number of aliphatic hydroxyl groups is 6. The van der Waals surface area contributed by atoms with Gasteiger partial charge in [0.2, 0.25) is 6.29 Å². The largest absolute Gasteiger partial charge is 0.508 e. The summed E-state index contributed by atoms with van der Waals surface area (Å²) in [7, 11) is 0. The summed E-state index contributed by atoms with van der Waals surface area (Å²) in [4.78, 5) is 12.9. The standard InChI is InChI=1S/C27H32O14/c1-10-20(32)22(34)24(36)26(37-10)41-25-23(35)21(33)18(9-28)40-27(25)38-13-6-14(30)19-15(31)8-16(39-17(19)7-13)11-2-4-12(29)5-3-11/h2-7,10,16,18,20-30,32-36H,8-9H2,1H3/t10-,16-,18-,20-,21-,22-,23+,24-,25-,26-,27-/m0/s1. The fraction of sp³-hybridized carbons (Fsp3) is 0.519. The third-order valence-corrected chi connectivity index (χ3v) is 7.42. The van der Waals surface area contributed by atoms with Crippen LogP contribution in [-0.4, -0.2) is 115 Å². The van der Waals surface area contributed by atoms with Crippen molar-refractivity contribution in [2.45, 2.75) is 80.9 Å². The molecule has 0 bridgehead atoms. The molecule has 2 aromatic carbocycles. The van der Waals surface area contributed by atoms with Gasteiger partial charge in [0.25, 0.3) is 0 Å². The van der Waals surface area contributed by atoms with Gasteiger partial charge in [-0.3, -0.25) is 4.79 Å². The zero-order valence-corrected chi connectivity index (χ0v) is 21.8. The number of rotatable bonds is 6. The number of carbonyl (C=O) groups excluding carboxylic acids is 1. The van der Waals surface area contributed by atoms with E-state index in [1.165, 1.54) is 25.1 Å². The number of phenols is 2. The van der Waals surface area contributed by atoms with Crippen molar-refractivity contribution in [3.63, 3.8) is 0 Å². The molecule has 0 aromatic heterocycles. The molecule has 3 heterocycles. The molecule has 3 aliphatic heterocycles. The van der Waals surface area contributed by atoms with Crippen molar-refractivity contribution in [1.82, 2.24) is 0 Å². The lowest BCUT2D eigenvalue weighted by molar-refractivity contribution is -0.354. The van der Waals surface area contributed by atoms with Gasteiger partial charge in [-0.2, -0.15) is 0 Å². The molecule has 3 aliphatic rings. The number of Topliss-reactive ketones (excluding diaryl/α,β-unsaturated/α-hetero) is 1. The Morgan fingerprint density at radius 1 is 0.878 bits per heavy atom. The Morgan fingerprint density at radius 3 is 2.27 bits per heavy atom. The molecule has 0 radical (unpaired) electrons. The number of hydrogen-bond acceptors (Lipinski definition) is 14. The van der Waals surface area contributed by atoms with Crippen molar-refractivity contribution >= 4 is 5.78 Å². The summed E-state index contributed by atoms with van der Waals surface area (Å²) in [6.07, 6.45) is -16.0. The molecule has 8 N–H and O–H groups in total. The third kappa shape index (κ3) is 5.70. The van der Waals surface area contributed by atoms with Crippen LogP contribution in [0.2, 0.25) is 0 Å². The fourth-order valence-electron chi connectivity index (χ4n) is 5.07. The molecule has 224 valence electrons. The van der Waals surface area contributed by atoms with E-state index in [2.05, 4.69) is 0 Å². The molecule has 0 saturated carbocycles. The SMILES string of the molecule is C[C@@H]1O[C@@H](O[C@@H]2[C@@H](Oc3cc(O)c4c(c3)O[C@H](c3ccc(O)cc3)CC4=O)O[C@@H](CO)[C@H](O)[C@H]2O)[C@@H](O)[C@@H](O)[C@H]1O. The van der Waals surface area contributed by atoms with Crippen LogP contribution in [-0.2, 0) is 14.2 Å². The number of carbonyl (C=O) groups is 1. The van der Waals surface area contributed by atoms with E-state index in [0.29, 0.717) is 5.56 Å². The van der Waals surface area contributed by atoms with Crippen molar-refractivity contribution in [2.24, 2.45) is 0 Å². The Kier molecular flexibility index (Phi) is 8.39. The van der Waals surface area contributed by atoms with Gasteiger partial charge in [-0.05, 0) is 24.6 Å². The van der Waals surface area contributed by atoms with E-state index in [9.17, 15) is 45.6 Å². The molecule has 0 aliphatic carbocycles. The van der Waals surface area contributed by atoms with Gasteiger partial charge in [0.05, 0.1) is 19.1 Å². The Labute approximate surface area is 233 Å². The maximum Gasteiger partial charge on any atom is 0.229 e. The molecule has 0 spiro atoms. The first kappa shape index (κ1) is 29.4. The summed E-state index contributed by atoms with van der Waals surface area (Å²) >= 11 is 0. The predicted octanol–water partition coefficient (Wildman–Crippen LogP) is -1.17. The lowest BCUT2D eigenvalue weighted by Gasteiger charge is -2.45. The second kappa shape index (κ2) is 11.7. The number of aliphatic hydroxyl groups excluding tert-OH is 6. The molecular formula is C27H32O14. The van der Waals surface area contributed by atoms with Crippen molar-refractivity contribution in [3.8, 4) is 23.0 Å². The van der Waals surface area contributed by atoms with Crippen LogP contribution in [0, 0.1) is 0 Å². The van der Waals surface area contributed by atoms with Crippen LogP contribution < -0.4 is 9.47 Å². The fourth-order valence-corrected chi connectivity index (χ4v) is 5.07. The van der Waals surface area contributed by atoms with Gasteiger partial charge in [-0.1, -0.05) is 12.1 Å². The smallest absolute Gasteiger partial charge is 0.229 e. The summed E-state index contributed by atoms with van der Waals surface area (Å²) in [6, 6.07) is 8.50. The molecule has 2 fully saturated rings. The Bertz CT molecular complexity index is 1240. The molecule has 41 heavy (non-hydrogen) atoms. The van der Waals surface area contributed by atoms with Gasteiger partial charge >= 0.3 is 0 Å². The van der Waals surface area contributed by atoms with Crippen LogP contribution in [0.1, 0.15) is 35.4 Å². The number of ketones is 1. The number of hydrogen-bond donors (Lipinski definition) is 8. The van der Waals surface area contributed by atoms with Crippen molar-refractivity contribution in [3.05, 3.63) is 47.5 Å². The summed E-state index contributed by atoms with van der Waals surface area (Å²) in [5.74, 6) is -0.947. The number of phenolic OH excluding ortho intramolecular Hbond substituents is 2. The van der Waals surface area contributed by atoms with Crippen molar-refractivity contribution in [1.29, 1.82) is 0 Å². The molecule has 14 heteroatoms. The van der Waals surface area contributed by atoms with E-state index < -0.39 is 85.7 Å². The Hall–Kier alpha value is -3.05. The van der Waals surface area contributed by atoms with E-state index in [-0.39, 0.29) is 29.2 Å². The lowest BCUT2D eigenvalue weighted by Crippen LogP contribution is -2.64.